The highest BCUT2D eigenvalue weighted by molar-refractivity contribution is 5.84. The van der Waals surface area contributed by atoms with Crippen molar-refractivity contribution in [1.82, 2.24) is 0 Å². The SMILES string of the molecule is CCN(CC)c1ccc2cc(-c3ccc4ccc(=O)cc-4o3)c(=O)oc2c1. The molecule has 1 aromatic carbocycles. The standard InChI is InChI=1S/C22H19NO4/c1-3-23(4-2)16-8-5-15-11-18(22(25)27-20(15)12-16)19-10-7-14-6-9-17(24)13-21(14)26-19/h5-13H,3-4H2,1-2H3. The fraction of sp³-hybridized carbons (Fsp3) is 0.182. The van der Waals surface area contributed by atoms with Gasteiger partial charge in [0.05, 0.1) is 0 Å². The van der Waals surface area contributed by atoms with Crippen molar-refractivity contribution >= 4 is 16.7 Å². The Morgan fingerprint density at radius 2 is 1.59 bits per heavy atom. The molecule has 0 saturated carbocycles. The Balaban J connectivity index is 1.85. The second-order valence-corrected chi connectivity index (χ2v) is 6.34. The van der Waals surface area contributed by atoms with Crippen LogP contribution < -0.4 is 16.0 Å². The smallest absolute Gasteiger partial charge is 0.347 e. The lowest BCUT2D eigenvalue weighted by molar-refractivity contribution is 0.546. The van der Waals surface area contributed by atoms with E-state index in [9.17, 15) is 9.59 Å². The van der Waals surface area contributed by atoms with Crippen molar-refractivity contribution in [3.8, 4) is 22.6 Å². The Morgan fingerprint density at radius 1 is 0.815 bits per heavy atom. The van der Waals surface area contributed by atoms with Gasteiger partial charge in [-0.2, -0.15) is 0 Å². The van der Waals surface area contributed by atoms with E-state index in [2.05, 4.69) is 18.7 Å². The second kappa shape index (κ2) is 6.76. The van der Waals surface area contributed by atoms with Crippen LogP contribution >= 0.6 is 0 Å². The molecule has 1 aromatic heterocycles. The average molecular weight is 361 g/mol. The third kappa shape index (κ3) is 3.12. The maximum Gasteiger partial charge on any atom is 0.347 e. The van der Waals surface area contributed by atoms with E-state index in [1.54, 1.807) is 18.2 Å². The van der Waals surface area contributed by atoms with Gasteiger partial charge in [-0.25, -0.2) is 4.79 Å². The number of hydrogen-bond acceptors (Lipinski definition) is 5. The van der Waals surface area contributed by atoms with Gasteiger partial charge in [0.25, 0.3) is 0 Å². The molecule has 0 bridgehead atoms. The van der Waals surface area contributed by atoms with E-state index in [-0.39, 0.29) is 5.43 Å². The molecule has 0 unspecified atom stereocenters. The molecule has 136 valence electrons. The van der Waals surface area contributed by atoms with Crippen molar-refractivity contribution in [2.75, 3.05) is 18.0 Å². The van der Waals surface area contributed by atoms with Crippen LogP contribution in [0.25, 0.3) is 33.6 Å². The van der Waals surface area contributed by atoms with Crippen LogP contribution in [0.2, 0.25) is 0 Å². The number of fused-ring (bicyclic) bond motifs is 2. The summed E-state index contributed by atoms with van der Waals surface area (Å²) in [5.74, 6) is 0.813. The van der Waals surface area contributed by atoms with Gasteiger partial charge in [0.2, 0.25) is 0 Å². The predicted octanol–water partition coefficient (Wildman–Crippen LogP) is 4.36. The Bertz CT molecular complexity index is 1200. The van der Waals surface area contributed by atoms with Crippen LogP contribution in [0.4, 0.5) is 5.69 Å². The summed E-state index contributed by atoms with van der Waals surface area (Å²) in [6, 6.07) is 15.7. The third-order valence-corrected chi connectivity index (χ3v) is 4.73. The Labute approximate surface area is 155 Å². The van der Waals surface area contributed by atoms with Gasteiger partial charge in [0.15, 0.2) is 5.43 Å². The Hall–Kier alpha value is -3.34. The number of anilines is 1. The molecule has 0 saturated heterocycles. The summed E-state index contributed by atoms with van der Waals surface area (Å²) in [6.07, 6.45) is 0. The molecule has 27 heavy (non-hydrogen) atoms. The Morgan fingerprint density at radius 3 is 2.37 bits per heavy atom. The first kappa shape index (κ1) is 17.1. The van der Waals surface area contributed by atoms with Gasteiger partial charge in [-0.1, -0.05) is 0 Å². The summed E-state index contributed by atoms with van der Waals surface area (Å²) in [4.78, 5) is 26.3. The summed E-state index contributed by atoms with van der Waals surface area (Å²) >= 11 is 0. The van der Waals surface area contributed by atoms with Crippen molar-refractivity contribution < 1.29 is 8.83 Å². The molecule has 1 aliphatic heterocycles. The number of rotatable bonds is 4. The van der Waals surface area contributed by atoms with E-state index in [0.29, 0.717) is 22.7 Å². The highest BCUT2D eigenvalue weighted by Crippen LogP contribution is 2.29. The zero-order valence-corrected chi connectivity index (χ0v) is 15.2. The minimum atomic E-state index is -0.472. The molecule has 0 radical (unpaired) electrons. The molecule has 2 heterocycles. The molecule has 0 fully saturated rings. The molecule has 0 atom stereocenters. The molecule has 0 amide bonds. The second-order valence-electron chi connectivity index (χ2n) is 6.34. The molecular formula is C22H19NO4. The minimum Gasteiger partial charge on any atom is -0.456 e. The van der Waals surface area contributed by atoms with Crippen LogP contribution in [0.1, 0.15) is 13.8 Å². The van der Waals surface area contributed by atoms with E-state index in [1.165, 1.54) is 12.1 Å². The van der Waals surface area contributed by atoms with Crippen LogP contribution in [0.3, 0.4) is 0 Å². The molecule has 2 aromatic rings. The summed E-state index contributed by atoms with van der Waals surface area (Å²) in [5.41, 5.74) is 2.07. The van der Waals surface area contributed by atoms with Crippen molar-refractivity contribution in [2.24, 2.45) is 0 Å². The van der Waals surface area contributed by atoms with Gasteiger partial charge < -0.3 is 13.7 Å². The Kier molecular flexibility index (Phi) is 4.28. The monoisotopic (exact) mass is 361 g/mol. The van der Waals surface area contributed by atoms with E-state index in [4.69, 9.17) is 8.83 Å². The van der Waals surface area contributed by atoms with Crippen molar-refractivity contribution in [3.63, 3.8) is 0 Å². The van der Waals surface area contributed by atoms with E-state index < -0.39 is 5.63 Å². The lowest BCUT2D eigenvalue weighted by Crippen LogP contribution is -2.21. The topological polar surface area (TPSA) is 63.7 Å². The zero-order valence-electron chi connectivity index (χ0n) is 15.2. The van der Waals surface area contributed by atoms with Gasteiger partial charge in [-0.3, -0.25) is 4.79 Å². The van der Waals surface area contributed by atoms with Gasteiger partial charge in [-0.05, 0) is 56.3 Å². The number of benzene rings is 2. The van der Waals surface area contributed by atoms with Crippen LogP contribution in [0, 0.1) is 0 Å². The lowest BCUT2D eigenvalue weighted by Gasteiger charge is -2.21. The molecule has 1 aliphatic carbocycles. The summed E-state index contributed by atoms with van der Waals surface area (Å²) in [7, 11) is 0. The van der Waals surface area contributed by atoms with Gasteiger partial charge in [0.1, 0.15) is 22.7 Å². The highest BCUT2D eigenvalue weighted by atomic mass is 16.4. The van der Waals surface area contributed by atoms with Crippen LogP contribution in [-0.4, -0.2) is 13.1 Å². The predicted molar refractivity (Wildman–Crippen MR) is 107 cm³/mol. The maximum atomic E-state index is 12.6. The summed E-state index contributed by atoms with van der Waals surface area (Å²) in [6.45, 7) is 5.92. The summed E-state index contributed by atoms with van der Waals surface area (Å²) in [5, 5.41) is 0.813. The molecule has 0 spiro atoms. The quantitative estimate of drug-likeness (QED) is 0.505. The van der Waals surface area contributed by atoms with Crippen LogP contribution in [0.15, 0.2) is 73.0 Å². The zero-order chi connectivity index (χ0) is 19.0. The van der Waals surface area contributed by atoms with Crippen molar-refractivity contribution in [1.29, 1.82) is 0 Å². The first-order chi connectivity index (χ1) is 13.1. The largest absolute Gasteiger partial charge is 0.456 e. The fourth-order valence-electron chi connectivity index (χ4n) is 3.26. The van der Waals surface area contributed by atoms with Crippen molar-refractivity contribution in [3.05, 3.63) is 75.2 Å². The molecule has 5 heteroatoms. The summed E-state index contributed by atoms with van der Waals surface area (Å²) < 4.78 is 11.3. The van der Waals surface area contributed by atoms with E-state index in [1.807, 2.05) is 24.3 Å². The van der Waals surface area contributed by atoms with Crippen LogP contribution in [-0.2, 0) is 0 Å². The van der Waals surface area contributed by atoms with E-state index >= 15 is 0 Å². The van der Waals surface area contributed by atoms with Crippen molar-refractivity contribution in [2.45, 2.75) is 13.8 Å². The molecule has 5 nitrogen and oxygen atoms in total. The minimum absolute atomic E-state index is 0.141. The molecular weight excluding hydrogens is 342 g/mol. The first-order valence-electron chi connectivity index (χ1n) is 8.96. The van der Waals surface area contributed by atoms with Crippen LogP contribution in [0.5, 0.6) is 0 Å². The molecule has 2 aliphatic rings. The van der Waals surface area contributed by atoms with Gasteiger partial charge >= 0.3 is 5.63 Å². The first-order valence-corrected chi connectivity index (χ1v) is 8.96. The maximum absolute atomic E-state index is 12.6. The number of nitrogens with zero attached hydrogens (tertiary/aromatic N) is 1. The lowest BCUT2D eigenvalue weighted by atomic mass is 10.1. The third-order valence-electron chi connectivity index (χ3n) is 4.73. The van der Waals surface area contributed by atoms with Gasteiger partial charge in [-0.15, -0.1) is 0 Å². The average Bonchev–Trinajstić information content (AvgIpc) is 2.67. The molecule has 0 N–H and O–H groups in total. The fourth-order valence-corrected chi connectivity index (χ4v) is 3.26. The highest BCUT2D eigenvalue weighted by Gasteiger charge is 2.14. The van der Waals surface area contributed by atoms with Gasteiger partial charge in [0, 0.05) is 41.9 Å². The molecule has 4 rings (SSSR count). The number of hydrogen-bond donors (Lipinski definition) is 0. The van der Waals surface area contributed by atoms with E-state index in [0.717, 1.165) is 29.7 Å². The normalized spacial score (nSPS) is 11.2.